The van der Waals surface area contributed by atoms with Crippen molar-refractivity contribution >= 4 is 5.71 Å². The lowest BCUT2D eigenvalue weighted by Gasteiger charge is -2.22. The van der Waals surface area contributed by atoms with Crippen LogP contribution in [0, 0.1) is 0 Å². The molecule has 1 aromatic heterocycles. The molecule has 1 aromatic carbocycles. The molecule has 0 fully saturated rings. The van der Waals surface area contributed by atoms with Crippen molar-refractivity contribution in [3.8, 4) is 0 Å². The number of nitrogens with zero attached hydrogens (tertiary/aromatic N) is 1. The Morgan fingerprint density at radius 2 is 1.96 bits per heavy atom. The third-order valence-electron chi connectivity index (χ3n) is 3.74. The molecule has 5 nitrogen and oxygen atoms in total. The Balaban J connectivity index is 1.74. The van der Waals surface area contributed by atoms with Crippen LogP contribution in [0.3, 0.4) is 0 Å². The fourth-order valence-corrected chi connectivity index (χ4v) is 2.36. The van der Waals surface area contributed by atoms with Gasteiger partial charge in [-0.05, 0) is 17.2 Å². The van der Waals surface area contributed by atoms with Gasteiger partial charge in [-0.2, -0.15) is 13.2 Å². The average molecular weight is 338 g/mol. The van der Waals surface area contributed by atoms with Gasteiger partial charge in [0.25, 0.3) is 5.56 Å². The maximum Gasteiger partial charge on any atom is 0.458 e. The first-order valence-corrected chi connectivity index (χ1v) is 7.08. The lowest BCUT2D eigenvalue weighted by molar-refractivity contribution is -0.355. The van der Waals surface area contributed by atoms with E-state index in [0.717, 1.165) is 5.56 Å². The molecule has 24 heavy (non-hydrogen) atoms. The van der Waals surface area contributed by atoms with E-state index in [1.165, 1.54) is 6.20 Å². The van der Waals surface area contributed by atoms with Crippen LogP contribution in [0.1, 0.15) is 23.1 Å². The van der Waals surface area contributed by atoms with Crippen LogP contribution >= 0.6 is 0 Å². The molecule has 1 aliphatic heterocycles. The average Bonchev–Trinajstić information content (AvgIpc) is 2.94. The maximum absolute atomic E-state index is 12.7. The normalized spacial score (nSPS) is 20.6. The monoisotopic (exact) mass is 338 g/mol. The van der Waals surface area contributed by atoms with Crippen molar-refractivity contribution < 1.29 is 23.1 Å². The van der Waals surface area contributed by atoms with Gasteiger partial charge in [-0.1, -0.05) is 35.5 Å². The SMILES string of the molecule is O=c1[nH]cccc1Cc1ccc(C2=NOC(O)(C(F)(F)F)C2)cc1. The molecule has 2 aromatic rings. The molecule has 0 spiro atoms. The maximum atomic E-state index is 12.7. The summed E-state index contributed by atoms with van der Waals surface area (Å²) in [5, 5.41) is 12.8. The summed E-state index contributed by atoms with van der Waals surface area (Å²) in [6.07, 6.45) is -3.76. The standard InChI is InChI=1S/C16H13F3N2O3/c17-16(18,19)15(23)9-13(21-24-15)11-5-3-10(4-6-11)8-12-2-1-7-20-14(12)22/h1-7,23H,8-9H2,(H,20,22). The highest BCUT2D eigenvalue weighted by molar-refractivity contribution is 6.01. The Kier molecular flexibility index (Phi) is 3.92. The second-order valence-corrected chi connectivity index (χ2v) is 5.49. The minimum atomic E-state index is -4.92. The van der Waals surface area contributed by atoms with Crippen molar-refractivity contribution in [2.24, 2.45) is 5.16 Å². The molecule has 0 bridgehead atoms. The first-order valence-electron chi connectivity index (χ1n) is 7.08. The Morgan fingerprint density at radius 1 is 1.25 bits per heavy atom. The van der Waals surface area contributed by atoms with E-state index >= 15 is 0 Å². The number of oxime groups is 1. The number of pyridine rings is 1. The van der Waals surface area contributed by atoms with Crippen molar-refractivity contribution in [3.05, 3.63) is 69.6 Å². The van der Waals surface area contributed by atoms with Gasteiger partial charge in [0.2, 0.25) is 0 Å². The molecule has 0 amide bonds. The fraction of sp³-hybridized carbons (Fsp3) is 0.250. The highest BCUT2D eigenvalue weighted by Crippen LogP contribution is 2.38. The second kappa shape index (κ2) is 5.79. The molecule has 2 heterocycles. The van der Waals surface area contributed by atoms with Crippen LogP contribution in [0.4, 0.5) is 13.2 Å². The van der Waals surface area contributed by atoms with Crippen LogP contribution < -0.4 is 5.56 Å². The number of aromatic nitrogens is 1. The van der Waals surface area contributed by atoms with E-state index < -0.39 is 18.4 Å². The molecule has 0 saturated heterocycles. The Morgan fingerprint density at radius 3 is 2.54 bits per heavy atom. The van der Waals surface area contributed by atoms with Crippen molar-refractivity contribution in [2.75, 3.05) is 0 Å². The zero-order valence-electron chi connectivity index (χ0n) is 12.3. The first-order chi connectivity index (χ1) is 11.3. The Bertz CT molecular complexity index is 827. The molecule has 0 radical (unpaired) electrons. The van der Waals surface area contributed by atoms with Gasteiger partial charge in [0.1, 0.15) is 0 Å². The summed E-state index contributed by atoms with van der Waals surface area (Å²) in [5.74, 6) is -3.28. The predicted octanol–water partition coefficient (Wildman–Crippen LogP) is 2.34. The summed E-state index contributed by atoms with van der Waals surface area (Å²) in [4.78, 5) is 18.4. The molecule has 126 valence electrons. The van der Waals surface area contributed by atoms with E-state index in [9.17, 15) is 23.1 Å². The van der Waals surface area contributed by atoms with Gasteiger partial charge >= 0.3 is 12.0 Å². The van der Waals surface area contributed by atoms with E-state index in [-0.39, 0.29) is 11.3 Å². The van der Waals surface area contributed by atoms with Crippen LogP contribution in [0.5, 0.6) is 0 Å². The van der Waals surface area contributed by atoms with Crippen molar-refractivity contribution in [1.29, 1.82) is 0 Å². The lowest BCUT2D eigenvalue weighted by Crippen LogP contribution is -2.45. The number of alkyl halides is 3. The number of rotatable bonds is 3. The molecular formula is C16H13F3N2O3. The second-order valence-electron chi connectivity index (χ2n) is 5.49. The Labute approximate surface area is 134 Å². The molecule has 1 atom stereocenters. The Hall–Kier alpha value is -2.61. The molecule has 2 N–H and O–H groups in total. The van der Waals surface area contributed by atoms with Crippen molar-refractivity contribution in [2.45, 2.75) is 24.8 Å². The van der Waals surface area contributed by atoms with Crippen LogP contribution in [-0.4, -0.2) is 27.8 Å². The van der Waals surface area contributed by atoms with Crippen LogP contribution in [0.2, 0.25) is 0 Å². The summed E-state index contributed by atoms with van der Waals surface area (Å²) >= 11 is 0. The summed E-state index contributed by atoms with van der Waals surface area (Å²) < 4.78 is 38.1. The highest BCUT2D eigenvalue weighted by Gasteiger charge is 2.60. The lowest BCUT2D eigenvalue weighted by atomic mass is 9.99. The minimum Gasteiger partial charge on any atom is -0.350 e. The fourth-order valence-electron chi connectivity index (χ4n) is 2.36. The van der Waals surface area contributed by atoms with Crippen molar-refractivity contribution in [3.63, 3.8) is 0 Å². The molecular weight excluding hydrogens is 325 g/mol. The quantitative estimate of drug-likeness (QED) is 0.902. The topological polar surface area (TPSA) is 74.7 Å². The number of benzene rings is 1. The third-order valence-corrected chi connectivity index (χ3v) is 3.74. The zero-order chi connectivity index (χ0) is 17.4. The predicted molar refractivity (Wildman–Crippen MR) is 79.6 cm³/mol. The first kappa shape index (κ1) is 16.3. The number of aromatic amines is 1. The van der Waals surface area contributed by atoms with Gasteiger partial charge in [0, 0.05) is 18.2 Å². The highest BCUT2D eigenvalue weighted by atomic mass is 19.4. The van der Waals surface area contributed by atoms with Gasteiger partial charge in [-0.15, -0.1) is 0 Å². The smallest absolute Gasteiger partial charge is 0.350 e. The van der Waals surface area contributed by atoms with Gasteiger partial charge in [0.05, 0.1) is 12.1 Å². The number of nitrogens with one attached hydrogen (secondary N) is 1. The van der Waals surface area contributed by atoms with E-state index in [4.69, 9.17) is 0 Å². The summed E-state index contributed by atoms with van der Waals surface area (Å²) in [6, 6.07) is 9.96. The van der Waals surface area contributed by atoms with Crippen LogP contribution in [0.15, 0.2) is 52.5 Å². The molecule has 8 heteroatoms. The van der Waals surface area contributed by atoms with E-state index in [2.05, 4.69) is 15.0 Å². The zero-order valence-corrected chi connectivity index (χ0v) is 12.3. The molecule has 3 rings (SSSR count). The van der Waals surface area contributed by atoms with E-state index in [1.54, 1.807) is 36.4 Å². The number of hydrogen-bond acceptors (Lipinski definition) is 4. The van der Waals surface area contributed by atoms with Crippen molar-refractivity contribution in [1.82, 2.24) is 4.98 Å². The minimum absolute atomic E-state index is 0.0129. The van der Waals surface area contributed by atoms with Gasteiger partial charge < -0.3 is 14.9 Å². The molecule has 0 aliphatic carbocycles. The van der Waals surface area contributed by atoms with Gasteiger partial charge in [0.15, 0.2) is 0 Å². The number of halogens is 3. The molecule has 1 aliphatic rings. The van der Waals surface area contributed by atoms with Crippen LogP contribution in [-0.2, 0) is 11.3 Å². The van der Waals surface area contributed by atoms with Crippen LogP contribution in [0.25, 0.3) is 0 Å². The number of aliphatic hydroxyl groups is 1. The molecule has 0 saturated carbocycles. The van der Waals surface area contributed by atoms with Gasteiger partial charge in [-0.3, -0.25) is 4.79 Å². The number of hydrogen-bond donors (Lipinski definition) is 2. The van der Waals surface area contributed by atoms with E-state index in [1.807, 2.05) is 0 Å². The van der Waals surface area contributed by atoms with E-state index in [0.29, 0.717) is 17.5 Å². The molecule has 1 unspecified atom stereocenters. The summed E-state index contributed by atoms with van der Waals surface area (Å²) in [7, 11) is 0. The summed E-state index contributed by atoms with van der Waals surface area (Å²) in [6.45, 7) is 0. The largest absolute Gasteiger partial charge is 0.458 e. The number of H-pyrrole nitrogens is 1. The third kappa shape index (κ3) is 3.05. The summed E-state index contributed by atoms with van der Waals surface area (Å²) in [5.41, 5.74) is 1.64. The van der Waals surface area contributed by atoms with Gasteiger partial charge in [-0.25, -0.2) is 0 Å².